The maximum Gasteiger partial charge on any atom is 0.331 e. The summed E-state index contributed by atoms with van der Waals surface area (Å²) in [6, 6.07) is 0. The summed E-state index contributed by atoms with van der Waals surface area (Å²) in [5, 5.41) is 0. The van der Waals surface area contributed by atoms with E-state index in [-0.39, 0.29) is 5.97 Å². The lowest BCUT2D eigenvalue weighted by Crippen LogP contribution is -2.09. The summed E-state index contributed by atoms with van der Waals surface area (Å²) in [5.74, 6) is -0.254. The smallest absolute Gasteiger partial charge is 0.331 e. The number of allylic oxidation sites excluding steroid dienone is 1. The van der Waals surface area contributed by atoms with Gasteiger partial charge in [0, 0.05) is 12.5 Å². The summed E-state index contributed by atoms with van der Waals surface area (Å²) < 4.78 is 4.65. The number of cyclic esters (lactones) is 1. The van der Waals surface area contributed by atoms with Crippen LogP contribution in [0, 0.1) is 0 Å². The molecule has 0 radical (unpaired) electrons. The van der Waals surface area contributed by atoms with E-state index in [0.29, 0.717) is 6.61 Å². The van der Waals surface area contributed by atoms with E-state index in [1.807, 2.05) is 0 Å². The Morgan fingerprint density at radius 3 is 3.00 bits per heavy atom. The van der Waals surface area contributed by atoms with Crippen molar-refractivity contribution in [3.63, 3.8) is 0 Å². The molecule has 0 fully saturated rings. The highest BCUT2D eigenvalue weighted by atomic mass is 16.5. The van der Waals surface area contributed by atoms with Crippen LogP contribution in [0.5, 0.6) is 0 Å². The lowest BCUT2D eigenvalue weighted by Gasteiger charge is -2.08. The van der Waals surface area contributed by atoms with Gasteiger partial charge in [0.2, 0.25) is 0 Å². The zero-order chi connectivity index (χ0) is 6.69. The molecule has 1 aliphatic rings. The molecule has 0 bridgehead atoms. The van der Waals surface area contributed by atoms with Gasteiger partial charge in [-0.2, -0.15) is 0 Å². The predicted octanol–water partition coefficient (Wildman–Crippen LogP) is 1.05. The van der Waals surface area contributed by atoms with E-state index < -0.39 is 0 Å². The van der Waals surface area contributed by atoms with E-state index in [1.54, 1.807) is 6.08 Å². The molecular formula is C7H8O2. The van der Waals surface area contributed by atoms with E-state index in [1.165, 1.54) is 6.08 Å². The Hall–Kier alpha value is -1.05. The van der Waals surface area contributed by atoms with E-state index in [2.05, 4.69) is 11.3 Å². The molecule has 0 N–H and O–H groups in total. The van der Waals surface area contributed by atoms with Crippen LogP contribution in [-0.4, -0.2) is 12.6 Å². The van der Waals surface area contributed by atoms with Crippen molar-refractivity contribution in [2.45, 2.75) is 6.42 Å². The molecule has 1 heterocycles. The van der Waals surface area contributed by atoms with Gasteiger partial charge in [0.1, 0.15) is 0 Å². The molecule has 2 heteroatoms. The minimum atomic E-state index is -0.254. The highest BCUT2D eigenvalue weighted by Crippen LogP contribution is 2.08. The third kappa shape index (κ3) is 1.42. The first-order valence-corrected chi connectivity index (χ1v) is 2.82. The van der Waals surface area contributed by atoms with Gasteiger partial charge in [-0.15, -0.1) is 0 Å². The molecule has 0 aliphatic carbocycles. The molecular weight excluding hydrogens is 116 g/mol. The number of carbonyl (C=O) groups is 1. The van der Waals surface area contributed by atoms with Gasteiger partial charge in [0.25, 0.3) is 0 Å². The summed E-state index contributed by atoms with van der Waals surface area (Å²) in [6.07, 6.45) is 3.95. The van der Waals surface area contributed by atoms with Gasteiger partial charge in [-0.05, 0) is 5.57 Å². The largest absolute Gasteiger partial charge is 0.462 e. The molecule has 0 aromatic carbocycles. The van der Waals surface area contributed by atoms with Crippen LogP contribution in [0.4, 0.5) is 0 Å². The van der Waals surface area contributed by atoms with Crippen molar-refractivity contribution < 1.29 is 9.53 Å². The minimum Gasteiger partial charge on any atom is -0.462 e. The van der Waals surface area contributed by atoms with Crippen LogP contribution in [0.15, 0.2) is 24.3 Å². The van der Waals surface area contributed by atoms with Gasteiger partial charge in [0.15, 0.2) is 0 Å². The molecule has 0 aromatic rings. The van der Waals surface area contributed by atoms with Crippen molar-refractivity contribution in [1.82, 2.24) is 0 Å². The molecule has 0 atom stereocenters. The van der Waals surface area contributed by atoms with Crippen molar-refractivity contribution >= 4 is 5.97 Å². The number of hydrogen-bond donors (Lipinski definition) is 0. The highest BCUT2D eigenvalue weighted by Gasteiger charge is 2.06. The zero-order valence-corrected chi connectivity index (χ0v) is 5.09. The third-order valence-electron chi connectivity index (χ3n) is 1.20. The summed E-state index contributed by atoms with van der Waals surface area (Å²) in [5.41, 5.74) is 0.964. The Morgan fingerprint density at radius 2 is 2.56 bits per heavy atom. The number of esters is 1. The van der Waals surface area contributed by atoms with Gasteiger partial charge < -0.3 is 4.74 Å². The molecule has 0 amide bonds. The lowest BCUT2D eigenvalue weighted by molar-refractivity contribution is -0.138. The average Bonchev–Trinajstić information content (AvgIpc) is 1.88. The molecule has 1 aliphatic heterocycles. The molecule has 0 saturated heterocycles. The quantitative estimate of drug-likeness (QED) is 0.488. The van der Waals surface area contributed by atoms with Gasteiger partial charge in [-0.3, -0.25) is 0 Å². The molecule has 0 aromatic heterocycles. The number of carbonyl (C=O) groups excluding carboxylic acids is 1. The first-order chi connectivity index (χ1) is 4.33. The normalized spacial score (nSPS) is 18.2. The van der Waals surface area contributed by atoms with Crippen molar-refractivity contribution in [1.29, 1.82) is 0 Å². The number of ether oxygens (including phenoxy) is 1. The Balaban J connectivity index is 2.70. The van der Waals surface area contributed by atoms with Crippen LogP contribution < -0.4 is 0 Å². The van der Waals surface area contributed by atoms with E-state index >= 15 is 0 Å². The topological polar surface area (TPSA) is 26.3 Å². The molecule has 0 saturated carbocycles. The monoisotopic (exact) mass is 124 g/mol. The number of rotatable bonds is 1. The van der Waals surface area contributed by atoms with Crippen LogP contribution in [-0.2, 0) is 9.53 Å². The van der Waals surface area contributed by atoms with Crippen LogP contribution >= 0.6 is 0 Å². The lowest BCUT2D eigenvalue weighted by atomic mass is 10.1. The molecule has 9 heavy (non-hydrogen) atoms. The maximum absolute atomic E-state index is 10.5. The molecule has 0 unspecified atom stereocenters. The van der Waals surface area contributed by atoms with Crippen molar-refractivity contribution in [3.8, 4) is 0 Å². The Kier molecular flexibility index (Phi) is 1.68. The Morgan fingerprint density at radius 1 is 1.78 bits per heavy atom. The minimum absolute atomic E-state index is 0.254. The maximum atomic E-state index is 10.5. The van der Waals surface area contributed by atoms with Gasteiger partial charge >= 0.3 is 5.97 Å². The van der Waals surface area contributed by atoms with Crippen molar-refractivity contribution in [2.24, 2.45) is 0 Å². The van der Waals surface area contributed by atoms with Crippen LogP contribution in [0.3, 0.4) is 0 Å². The number of hydrogen-bond acceptors (Lipinski definition) is 2. The SMILES string of the molecule is C=CC1=CC(=O)OCC1. The summed E-state index contributed by atoms with van der Waals surface area (Å²) >= 11 is 0. The Bertz CT molecular complexity index is 168. The van der Waals surface area contributed by atoms with Gasteiger partial charge in [-0.1, -0.05) is 12.7 Å². The second kappa shape index (κ2) is 2.49. The fourth-order valence-electron chi connectivity index (χ4n) is 0.696. The van der Waals surface area contributed by atoms with Crippen LogP contribution in [0.1, 0.15) is 6.42 Å². The summed E-state index contributed by atoms with van der Waals surface area (Å²) in [7, 11) is 0. The standard InChI is InChI=1S/C7H8O2/c1-2-6-3-4-9-7(8)5-6/h2,5H,1,3-4H2. The van der Waals surface area contributed by atoms with E-state index in [0.717, 1.165) is 12.0 Å². The highest BCUT2D eigenvalue weighted by molar-refractivity contribution is 5.84. The fraction of sp³-hybridized carbons (Fsp3) is 0.286. The Labute approximate surface area is 53.8 Å². The summed E-state index contributed by atoms with van der Waals surface area (Å²) in [6.45, 7) is 4.04. The van der Waals surface area contributed by atoms with Crippen molar-refractivity contribution in [2.75, 3.05) is 6.61 Å². The predicted molar refractivity (Wildman–Crippen MR) is 33.9 cm³/mol. The molecule has 1 rings (SSSR count). The first-order valence-electron chi connectivity index (χ1n) is 2.82. The third-order valence-corrected chi connectivity index (χ3v) is 1.20. The van der Waals surface area contributed by atoms with Crippen LogP contribution in [0.2, 0.25) is 0 Å². The molecule has 0 spiro atoms. The van der Waals surface area contributed by atoms with E-state index in [4.69, 9.17) is 0 Å². The fourth-order valence-corrected chi connectivity index (χ4v) is 0.696. The summed E-state index contributed by atoms with van der Waals surface area (Å²) in [4.78, 5) is 10.5. The zero-order valence-electron chi connectivity index (χ0n) is 5.09. The van der Waals surface area contributed by atoms with Crippen molar-refractivity contribution in [3.05, 3.63) is 24.3 Å². The van der Waals surface area contributed by atoms with Gasteiger partial charge in [-0.25, -0.2) is 4.79 Å². The molecule has 48 valence electrons. The first kappa shape index (κ1) is 6.08. The average molecular weight is 124 g/mol. The molecule has 2 nitrogen and oxygen atoms in total. The second-order valence-corrected chi connectivity index (χ2v) is 1.84. The van der Waals surface area contributed by atoms with Gasteiger partial charge in [0.05, 0.1) is 6.61 Å². The second-order valence-electron chi connectivity index (χ2n) is 1.84. The van der Waals surface area contributed by atoms with E-state index in [9.17, 15) is 4.79 Å². The van der Waals surface area contributed by atoms with Crippen LogP contribution in [0.25, 0.3) is 0 Å².